The predicted octanol–water partition coefficient (Wildman–Crippen LogP) is 1.92. The van der Waals surface area contributed by atoms with Gasteiger partial charge in [0.15, 0.2) is 0 Å². The molecular weight excluding hydrogens is 224 g/mol. The van der Waals surface area contributed by atoms with Crippen molar-refractivity contribution in [3.63, 3.8) is 0 Å². The molecule has 0 radical (unpaired) electrons. The van der Waals surface area contributed by atoms with E-state index in [1.165, 1.54) is 51.9 Å². The third-order valence-corrected chi connectivity index (χ3v) is 5.05. The molecule has 18 heavy (non-hydrogen) atoms. The molecule has 2 heterocycles. The van der Waals surface area contributed by atoms with Crippen molar-refractivity contribution in [2.24, 2.45) is 5.92 Å². The second-order valence-corrected chi connectivity index (χ2v) is 6.35. The van der Waals surface area contributed by atoms with Crippen LogP contribution in [-0.2, 0) is 4.79 Å². The molecule has 102 valence electrons. The van der Waals surface area contributed by atoms with Gasteiger partial charge in [0, 0.05) is 31.5 Å². The second kappa shape index (κ2) is 5.70. The van der Waals surface area contributed by atoms with Gasteiger partial charge in [-0.2, -0.15) is 0 Å². The summed E-state index contributed by atoms with van der Waals surface area (Å²) in [5.41, 5.74) is 0. The van der Waals surface area contributed by atoms with Crippen molar-refractivity contribution in [1.82, 2.24) is 9.80 Å². The molecule has 3 nitrogen and oxygen atoms in total. The van der Waals surface area contributed by atoms with Gasteiger partial charge in [0.05, 0.1) is 0 Å². The zero-order valence-corrected chi connectivity index (χ0v) is 11.4. The summed E-state index contributed by atoms with van der Waals surface area (Å²) in [4.78, 5) is 17.2. The van der Waals surface area contributed by atoms with Gasteiger partial charge in [-0.25, -0.2) is 0 Å². The molecule has 0 bridgehead atoms. The van der Waals surface area contributed by atoms with E-state index >= 15 is 0 Å². The van der Waals surface area contributed by atoms with Crippen LogP contribution in [0.4, 0.5) is 0 Å². The SMILES string of the molecule is O=C1CCCCC1CN1CCCN2CCCC2C1. The van der Waals surface area contributed by atoms with E-state index in [1.54, 1.807) is 0 Å². The molecule has 3 fully saturated rings. The van der Waals surface area contributed by atoms with E-state index < -0.39 is 0 Å². The topological polar surface area (TPSA) is 23.6 Å². The number of rotatable bonds is 2. The number of fused-ring (bicyclic) bond motifs is 1. The summed E-state index contributed by atoms with van der Waals surface area (Å²) >= 11 is 0. The van der Waals surface area contributed by atoms with Gasteiger partial charge in [0.1, 0.15) is 5.78 Å². The number of hydrogen-bond donors (Lipinski definition) is 0. The molecule has 1 aliphatic carbocycles. The lowest BCUT2D eigenvalue weighted by Crippen LogP contribution is -2.40. The van der Waals surface area contributed by atoms with Crippen LogP contribution in [0.1, 0.15) is 44.9 Å². The molecule has 2 unspecified atom stereocenters. The van der Waals surface area contributed by atoms with E-state index in [1.807, 2.05) is 0 Å². The molecule has 2 atom stereocenters. The van der Waals surface area contributed by atoms with E-state index in [-0.39, 0.29) is 0 Å². The lowest BCUT2D eigenvalue weighted by molar-refractivity contribution is -0.125. The van der Waals surface area contributed by atoms with Crippen molar-refractivity contribution in [3.05, 3.63) is 0 Å². The highest BCUT2D eigenvalue weighted by molar-refractivity contribution is 5.81. The number of ketones is 1. The first kappa shape index (κ1) is 12.6. The Labute approximate surface area is 111 Å². The van der Waals surface area contributed by atoms with Crippen molar-refractivity contribution in [2.75, 3.05) is 32.7 Å². The molecule has 2 saturated heterocycles. The zero-order chi connectivity index (χ0) is 12.4. The van der Waals surface area contributed by atoms with Gasteiger partial charge in [-0.05, 0) is 51.7 Å². The summed E-state index contributed by atoms with van der Waals surface area (Å²) in [5.74, 6) is 0.889. The summed E-state index contributed by atoms with van der Waals surface area (Å²) in [7, 11) is 0. The normalized spacial score (nSPS) is 35.4. The van der Waals surface area contributed by atoms with Crippen LogP contribution >= 0.6 is 0 Å². The minimum Gasteiger partial charge on any atom is -0.301 e. The van der Waals surface area contributed by atoms with Gasteiger partial charge < -0.3 is 4.90 Å². The maximum absolute atomic E-state index is 11.9. The summed E-state index contributed by atoms with van der Waals surface area (Å²) in [6, 6.07) is 0.784. The van der Waals surface area contributed by atoms with E-state index in [0.29, 0.717) is 11.7 Å². The van der Waals surface area contributed by atoms with Crippen LogP contribution in [0.15, 0.2) is 0 Å². The predicted molar refractivity (Wildman–Crippen MR) is 72.6 cm³/mol. The third kappa shape index (κ3) is 2.77. The van der Waals surface area contributed by atoms with Gasteiger partial charge >= 0.3 is 0 Å². The van der Waals surface area contributed by atoms with Crippen LogP contribution in [0.2, 0.25) is 0 Å². The molecule has 0 aromatic carbocycles. The maximum Gasteiger partial charge on any atom is 0.137 e. The van der Waals surface area contributed by atoms with Crippen LogP contribution in [0.3, 0.4) is 0 Å². The zero-order valence-electron chi connectivity index (χ0n) is 11.4. The monoisotopic (exact) mass is 250 g/mol. The van der Waals surface area contributed by atoms with Crippen LogP contribution in [0.5, 0.6) is 0 Å². The molecule has 1 saturated carbocycles. The summed E-state index contributed by atoms with van der Waals surface area (Å²) in [6.45, 7) is 6.05. The van der Waals surface area contributed by atoms with Crippen LogP contribution < -0.4 is 0 Å². The molecule has 0 spiro atoms. The molecule has 0 aromatic heterocycles. The molecule has 3 heteroatoms. The average molecular weight is 250 g/mol. The van der Waals surface area contributed by atoms with E-state index in [4.69, 9.17) is 0 Å². The lowest BCUT2D eigenvalue weighted by atomic mass is 9.87. The highest BCUT2D eigenvalue weighted by Gasteiger charge is 2.31. The van der Waals surface area contributed by atoms with Crippen LogP contribution in [0.25, 0.3) is 0 Å². The number of nitrogens with zero attached hydrogens (tertiary/aromatic N) is 2. The largest absolute Gasteiger partial charge is 0.301 e. The van der Waals surface area contributed by atoms with E-state index in [0.717, 1.165) is 31.8 Å². The molecular formula is C15H26N2O. The standard InChI is InChI=1S/C15H26N2O/c18-15-7-2-1-5-13(15)11-16-8-4-10-17-9-3-6-14(17)12-16/h13-14H,1-12H2. The maximum atomic E-state index is 11.9. The van der Waals surface area contributed by atoms with Crippen molar-refractivity contribution in [2.45, 2.75) is 51.0 Å². The number of hydrogen-bond acceptors (Lipinski definition) is 3. The third-order valence-electron chi connectivity index (χ3n) is 5.05. The molecule has 0 amide bonds. The highest BCUT2D eigenvalue weighted by atomic mass is 16.1. The van der Waals surface area contributed by atoms with Gasteiger partial charge in [-0.3, -0.25) is 9.69 Å². The number of Topliss-reactive ketones (excluding diaryl/α,β-unsaturated/α-hetero) is 1. The molecule has 2 aliphatic heterocycles. The Hall–Kier alpha value is -0.410. The Morgan fingerprint density at radius 2 is 1.89 bits per heavy atom. The summed E-state index contributed by atoms with van der Waals surface area (Å²) in [5, 5.41) is 0. The van der Waals surface area contributed by atoms with Crippen LogP contribution in [0, 0.1) is 5.92 Å². The van der Waals surface area contributed by atoms with Crippen molar-refractivity contribution in [3.8, 4) is 0 Å². The van der Waals surface area contributed by atoms with Crippen molar-refractivity contribution in [1.29, 1.82) is 0 Å². The molecule has 3 aliphatic rings. The quantitative estimate of drug-likeness (QED) is 0.748. The fourth-order valence-electron chi connectivity index (χ4n) is 4.01. The Kier molecular flexibility index (Phi) is 4.00. The fourth-order valence-corrected chi connectivity index (χ4v) is 4.01. The number of carbonyl (C=O) groups excluding carboxylic acids is 1. The minimum absolute atomic E-state index is 0.353. The van der Waals surface area contributed by atoms with Crippen molar-refractivity contribution < 1.29 is 4.79 Å². The molecule has 3 rings (SSSR count). The Bertz CT molecular complexity index is 305. The van der Waals surface area contributed by atoms with Gasteiger partial charge in [0.25, 0.3) is 0 Å². The summed E-state index contributed by atoms with van der Waals surface area (Å²) in [6.07, 6.45) is 8.41. The Morgan fingerprint density at radius 3 is 2.78 bits per heavy atom. The lowest BCUT2D eigenvalue weighted by Gasteiger charge is -2.30. The number of carbonyl (C=O) groups is 1. The average Bonchev–Trinajstić information content (AvgIpc) is 2.71. The molecule has 0 aromatic rings. The molecule has 0 N–H and O–H groups in total. The second-order valence-electron chi connectivity index (χ2n) is 6.35. The Balaban J connectivity index is 1.56. The van der Waals surface area contributed by atoms with Crippen LogP contribution in [-0.4, -0.2) is 54.3 Å². The highest BCUT2D eigenvalue weighted by Crippen LogP contribution is 2.25. The first-order valence-electron chi connectivity index (χ1n) is 7.82. The van der Waals surface area contributed by atoms with Gasteiger partial charge in [-0.15, -0.1) is 0 Å². The first-order valence-corrected chi connectivity index (χ1v) is 7.82. The smallest absolute Gasteiger partial charge is 0.137 e. The van der Waals surface area contributed by atoms with Crippen molar-refractivity contribution >= 4 is 5.78 Å². The van der Waals surface area contributed by atoms with Gasteiger partial charge in [-0.1, -0.05) is 6.42 Å². The van der Waals surface area contributed by atoms with E-state index in [9.17, 15) is 4.79 Å². The van der Waals surface area contributed by atoms with Gasteiger partial charge in [0.2, 0.25) is 0 Å². The first-order chi connectivity index (χ1) is 8.83. The minimum atomic E-state index is 0.353. The van der Waals surface area contributed by atoms with E-state index in [2.05, 4.69) is 9.80 Å². The Morgan fingerprint density at radius 1 is 1.00 bits per heavy atom. The summed E-state index contributed by atoms with van der Waals surface area (Å²) < 4.78 is 0. The fraction of sp³-hybridized carbons (Fsp3) is 0.933.